The number of amides is 13. The van der Waals surface area contributed by atoms with E-state index in [9.17, 15) is 72.5 Å². The topological polar surface area (TPSA) is 417 Å². The highest BCUT2D eigenvalue weighted by Gasteiger charge is 2.33. The molecule has 2 rings (SSSR count). The van der Waals surface area contributed by atoms with Gasteiger partial charge in [0.1, 0.15) is 36.3 Å². The first kappa shape index (κ1) is 64.0. The number of thioether (sulfide) groups is 1. The Morgan fingerprint density at radius 3 is 1.57 bits per heavy atom. The SMILES string of the molecule is CSCC[C@H](NC(=O)[C@@H](N)CNC(=O)[C@H](CO)NC(=O)CCNC(=O)CCN1C(=O)C=CC1=O)C(=O)NC(CSSC(C)(C)C)C(=O)N[C@@H](CO)C(=O)N[C@H](CCCCNC(=O)CCN1C(=O)C=CC1=O)C(N)=O. The summed E-state index contributed by atoms with van der Waals surface area (Å²) in [6.45, 7) is 3.19. The van der Waals surface area contributed by atoms with Crippen LogP contribution in [0.5, 0.6) is 0 Å². The summed E-state index contributed by atoms with van der Waals surface area (Å²) < 4.78 is -0.295. The highest BCUT2D eigenvalue weighted by atomic mass is 33.1. The maximum absolute atomic E-state index is 13.8. The molecule has 0 spiro atoms. The molecule has 74 heavy (non-hydrogen) atoms. The molecule has 2 heterocycles. The highest BCUT2D eigenvalue weighted by molar-refractivity contribution is 8.77. The standard InChI is InChI=1S/C44H68N12O15S3/c1-44(2,3)74-73-24-30(43(71)53-29(23-58)42(70)51-26(38(46)66)7-5-6-16-47-31(59)13-18-55-34(62)8-9-35(55)63)54-41(69)27(15-20-72-4)52-39(67)25(45)21-49-40(68)28(22-57)50-33(61)12-17-48-32(60)14-19-56-36(64)10-11-37(56)65/h8-11,25-30,57-58H,5-7,12-24,45H2,1-4H3,(H2,46,66)(H,47,59)(H,48,60)(H,49,68)(H,50,61)(H,51,70)(H,52,67)(H,53,71)(H,54,69)/t25-,26+,27-,28-,29-,30?/m0/s1. The molecule has 2 aliphatic heterocycles. The van der Waals surface area contributed by atoms with Gasteiger partial charge in [-0.15, -0.1) is 0 Å². The number of nitrogens with zero attached hydrogens (tertiary/aromatic N) is 2. The monoisotopic (exact) mass is 1100 g/mol. The van der Waals surface area contributed by atoms with E-state index in [4.69, 9.17) is 11.5 Å². The second-order valence-corrected chi connectivity index (χ2v) is 21.7. The molecule has 27 nitrogen and oxygen atoms in total. The number of hydrogen-bond donors (Lipinski definition) is 12. The molecule has 30 heteroatoms. The molecule has 14 N–H and O–H groups in total. The summed E-state index contributed by atoms with van der Waals surface area (Å²) in [5.74, 6) is -8.94. The molecule has 0 aliphatic carbocycles. The van der Waals surface area contributed by atoms with Gasteiger partial charge in [-0.2, -0.15) is 11.8 Å². The minimum atomic E-state index is -1.61. The number of hydrogen-bond acceptors (Lipinski definition) is 19. The molecular weight excluding hydrogens is 1030 g/mol. The van der Waals surface area contributed by atoms with Crippen LogP contribution in [0, 0.1) is 0 Å². The van der Waals surface area contributed by atoms with E-state index in [0.717, 1.165) is 34.1 Å². The zero-order chi connectivity index (χ0) is 55.5. The largest absolute Gasteiger partial charge is 0.394 e. The minimum absolute atomic E-state index is 0.0207. The Morgan fingerprint density at radius 1 is 0.581 bits per heavy atom. The number of imide groups is 2. The fraction of sp³-hybridized carbons (Fsp3) is 0.614. The van der Waals surface area contributed by atoms with E-state index in [-0.39, 0.29) is 75.2 Å². The van der Waals surface area contributed by atoms with E-state index in [1.807, 2.05) is 20.8 Å². The Kier molecular flexibility index (Phi) is 28.5. The van der Waals surface area contributed by atoms with E-state index in [2.05, 4.69) is 42.5 Å². The van der Waals surface area contributed by atoms with Gasteiger partial charge in [-0.1, -0.05) is 42.4 Å². The van der Waals surface area contributed by atoms with E-state index < -0.39 is 133 Å². The predicted octanol–water partition coefficient (Wildman–Crippen LogP) is -5.32. The number of rotatable bonds is 35. The van der Waals surface area contributed by atoms with Crippen molar-refractivity contribution in [2.24, 2.45) is 11.5 Å². The third kappa shape index (κ3) is 23.9. The highest BCUT2D eigenvalue weighted by Crippen LogP contribution is 2.35. The lowest BCUT2D eigenvalue weighted by Crippen LogP contribution is -2.60. The van der Waals surface area contributed by atoms with E-state index >= 15 is 0 Å². The number of unbranched alkanes of at least 4 members (excludes halogenated alkanes) is 1. The minimum Gasteiger partial charge on any atom is -0.394 e. The summed E-state index contributed by atoms with van der Waals surface area (Å²) in [5.41, 5.74) is 11.6. The second kappa shape index (κ2) is 33.0. The molecule has 1 unspecified atom stereocenters. The molecule has 0 saturated heterocycles. The van der Waals surface area contributed by atoms with Crippen LogP contribution in [-0.2, 0) is 62.3 Å². The number of carbonyl (C=O) groups is 13. The number of nitrogens with one attached hydrogen (secondary N) is 8. The van der Waals surface area contributed by atoms with Crippen molar-refractivity contribution in [3.05, 3.63) is 24.3 Å². The van der Waals surface area contributed by atoms with E-state index in [1.54, 1.807) is 6.26 Å². The molecule has 0 bridgehead atoms. The van der Waals surface area contributed by atoms with Gasteiger partial charge in [0.2, 0.25) is 53.2 Å². The van der Waals surface area contributed by atoms with Crippen molar-refractivity contribution in [2.75, 3.05) is 63.7 Å². The molecule has 0 aromatic rings. The second-order valence-electron chi connectivity index (χ2n) is 17.5. The molecule has 6 atom stereocenters. The van der Waals surface area contributed by atoms with E-state index in [1.165, 1.54) is 33.3 Å². The molecule has 0 aromatic heterocycles. The number of primary amides is 1. The maximum Gasteiger partial charge on any atom is 0.253 e. The summed E-state index contributed by atoms with van der Waals surface area (Å²) >= 11 is 1.34. The molecule has 13 amide bonds. The van der Waals surface area contributed by atoms with Crippen LogP contribution in [0.2, 0.25) is 0 Å². The molecule has 2 aliphatic rings. The van der Waals surface area contributed by atoms with Crippen LogP contribution in [0.25, 0.3) is 0 Å². The van der Waals surface area contributed by atoms with Crippen LogP contribution in [0.15, 0.2) is 24.3 Å². The molecule has 0 fully saturated rings. The number of aliphatic hydroxyl groups is 2. The fourth-order valence-electron chi connectivity index (χ4n) is 6.35. The summed E-state index contributed by atoms with van der Waals surface area (Å²) in [4.78, 5) is 165. The van der Waals surface area contributed by atoms with Gasteiger partial charge in [0.25, 0.3) is 23.6 Å². The van der Waals surface area contributed by atoms with Crippen LogP contribution in [0.3, 0.4) is 0 Å². The van der Waals surface area contributed by atoms with Gasteiger partial charge in [0, 0.05) is 86.8 Å². The van der Waals surface area contributed by atoms with Crippen LogP contribution in [0.1, 0.15) is 65.7 Å². The van der Waals surface area contributed by atoms with Gasteiger partial charge in [-0.3, -0.25) is 72.1 Å². The average molecular weight is 1100 g/mol. The molecule has 0 saturated carbocycles. The van der Waals surface area contributed by atoms with Gasteiger partial charge in [0.15, 0.2) is 0 Å². The maximum atomic E-state index is 13.8. The van der Waals surface area contributed by atoms with Crippen LogP contribution in [0.4, 0.5) is 0 Å². The van der Waals surface area contributed by atoms with Crippen molar-refractivity contribution in [3.63, 3.8) is 0 Å². The first-order valence-electron chi connectivity index (χ1n) is 23.4. The number of nitrogens with two attached hydrogens (primary N) is 2. The Morgan fingerprint density at radius 2 is 1.05 bits per heavy atom. The zero-order valence-electron chi connectivity index (χ0n) is 41.6. The van der Waals surface area contributed by atoms with Crippen molar-refractivity contribution in [2.45, 2.75) is 107 Å². The van der Waals surface area contributed by atoms with Crippen LogP contribution >= 0.6 is 33.3 Å². The Balaban J connectivity index is 1.96. The first-order valence-corrected chi connectivity index (χ1v) is 27.1. The lowest BCUT2D eigenvalue weighted by atomic mass is 10.1. The van der Waals surface area contributed by atoms with Crippen molar-refractivity contribution in [1.29, 1.82) is 0 Å². The van der Waals surface area contributed by atoms with Gasteiger partial charge in [0.05, 0.1) is 13.2 Å². The Labute approximate surface area is 439 Å². The summed E-state index contributed by atoms with van der Waals surface area (Å²) in [6, 6.07) is -8.42. The fourth-order valence-corrected chi connectivity index (χ4v) is 9.29. The first-order chi connectivity index (χ1) is 34.9. The number of aliphatic hydroxyl groups excluding tert-OH is 2. The third-order valence-corrected chi connectivity index (χ3v) is 14.4. The molecule has 0 aromatic carbocycles. The summed E-state index contributed by atoms with van der Waals surface area (Å²) in [6.07, 6.45) is 6.19. The van der Waals surface area contributed by atoms with Crippen molar-refractivity contribution < 1.29 is 72.5 Å². The normalized spacial score (nSPS) is 15.6. The van der Waals surface area contributed by atoms with Gasteiger partial charge in [-0.05, 0) is 37.7 Å². The van der Waals surface area contributed by atoms with Gasteiger partial charge in [-0.25, -0.2) is 0 Å². The van der Waals surface area contributed by atoms with Crippen molar-refractivity contribution in [3.8, 4) is 0 Å². The smallest absolute Gasteiger partial charge is 0.253 e. The van der Waals surface area contributed by atoms with Crippen LogP contribution in [-0.4, -0.2) is 202 Å². The van der Waals surface area contributed by atoms with Gasteiger partial charge >= 0.3 is 0 Å². The average Bonchev–Trinajstić information content (AvgIpc) is 3.85. The lowest BCUT2D eigenvalue weighted by Gasteiger charge is -2.26. The van der Waals surface area contributed by atoms with E-state index in [0.29, 0.717) is 12.2 Å². The number of carbonyl (C=O) groups excluding carboxylic acids is 13. The van der Waals surface area contributed by atoms with Crippen LogP contribution < -0.4 is 54.0 Å². The summed E-state index contributed by atoms with van der Waals surface area (Å²) in [5, 5.41) is 39.6. The Bertz CT molecular complexity index is 2090. The van der Waals surface area contributed by atoms with Crippen molar-refractivity contribution >= 4 is 110 Å². The van der Waals surface area contributed by atoms with Crippen molar-refractivity contribution in [1.82, 2.24) is 52.3 Å². The predicted molar refractivity (Wildman–Crippen MR) is 272 cm³/mol. The third-order valence-electron chi connectivity index (χ3n) is 10.4. The molecular formula is C44H68N12O15S3. The Hall–Kier alpha value is -6.08. The molecule has 412 valence electrons. The summed E-state index contributed by atoms with van der Waals surface area (Å²) in [7, 11) is 2.61. The van der Waals surface area contributed by atoms with Gasteiger partial charge < -0.3 is 64.2 Å². The molecule has 0 radical (unpaired) electrons. The zero-order valence-corrected chi connectivity index (χ0v) is 44.0. The lowest BCUT2D eigenvalue weighted by molar-refractivity contribution is -0.139. The quantitative estimate of drug-likeness (QED) is 0.0160.